The Labute approximate surface area is 165 Å². The van der Waals surface area contributed by atoms with E-state index in [-0.39, 0.29) is 17.8 Å². The molecule has 2 aliphatic rings. The van der Waals surface area contributed by atoms with E-state index in [1.165, 1.54) is 24.1 Å². The van der Waals surface area contributed by atoms with Gasteiger partial charge in [-0.25, -0.2) is 0 Å². The summed E-state index contributed by atoms with van der Waals surface area (Å²) in [6.45, 7) is 0.522. The number of carbonyl (C=O) groups is 2. The summed E-state index contributed by atoms with van der Waals surface area (Å²) in [5.41, 5.74) is 1.02. The van der Waals surface area contributed by atoms with E-state index in [9.17, 15) is 22.8 Å². The molecule has 29 heavy (non-hydrogen) atoms. The molecule has 4 rings (SSSR count). The van der Waals surface area contributed by atoms with Crippen LogP contribution in [0.1, 0.15) is 18.4 Å². The highest BCUT2D eigenvalue weighted by Gasteiger charge is 2.44. The predicted octanol–water partition coefficient (Wildman–Crippen LogP) is 4.14. The van der Waals surface area contributed by atoms with Crippen LogP contribution >= 0.6 is 0 Å². The van der Waals surface area contributed by atoms with E-state index in [0.29, 0.717) is 30.8 Å². The van der Waals surface area contributed by atoms with Crippen LogP contribution in [-0.4, -0.2) is 31.6 Å². The van der Waals surface area contributed by atoms with Gasteiger partial charge in [-0.1, -0.05) is 12.1 Å². The second-order valence-corrected chi connectivity index (χ2v) is 7.16. The molecular weight excluding hydrogens is 385 g/mol. The van der Waals surface area contributed by atoms with Crippen molar-refractivity contribution < 1.29 is 27.5 Å². The van der Waals surface area contributed by atoms with Gasteiger partial charge in [0.1, 0.15) is 6.04 Å². The number of anilines is 3. The second-order valence-electron chi connectivity index (χ2n) is 7.16. The lowest BCUT2D eigenvalue weighted by Crippen LogP contribution is -2.56. The van der Waals surface area contributed by atoms with E-state index in [1.54, 1.807) is 12.1 Å². The third-order valence-corrected chi connectivity index (χ3v) is 5.53. The van der Waals surface area contributed by atoms with Crippen molar-refractivity contribution in [1.82, 2.24) is 0 Å². The summed E-state index contributed by atoms with van der Waals surface area (Å²) in [5.74, 6) is -1.00. The first-order valence-corrected chi connectivity index (χ1v) is 9.26. The molecule has 152 valence electrons. The number of carbonyl (C=O) groups excluding carboxylic acids is 2. The first kappa shape index (κ1) is 19.3. The zero-order chi connectivity index (χ0) is 20.8. The van der Waals surface area contributed by atoms with Gasteiger partial charge in [0, 0.05) is 12.2 Å². The number of ether oxygens (including phenoxy) is 1. The topological polar surface area (TPSA) is 49.9 Å². The lowest BCUT2D eigenvalue weighted by molar-refractivity contribution is -0.146. The Bertz CT molecular complexity index is 943. The Morgan fingerprint density at radius 1 is 1.07 bits per heavy atom. The lowest BCUT2D eigenvalue weighted by Gasteiger charge is -2.46. The quantitative estimate of drug-likeness (QED) is 0.706. The minimum Gasteiger partial charge on any atom is -0.469 e. The summed E-state index contributed by atoms with van der Waals surface area (Å²) in [4.78, 5) is 28.8. The monoisotopic (exact) mass is 404 g/mol. The van der Waals surface area contributed by atoms with E-state index in [1.807, 2.05) is 17.0 Å². The Morgan fingerprint density at radius 2 is 1.72 bits per heavy atom. The number of para-hydroxylation sites is 2. The van der Waals surface area contributed by atoms with Crippen molar-refractivity contribution in [3.63, 3.8) is 0 Å². The first-order chi connectivity index (χ1) is 13.8. The normalized spacial score (nSPS) is 21.4. The van der Waals surface area contributed by atoms with Crippen LogP contribution in [0.4, 0.5) is 30.2 Å². The first-order valence-electron chi connectivity index (χ1n) is 9.26. The molecule has 2 aromatic carbocycles. The highest BCUT2D eigenvalue weighted by molar-refractivity contribution is 6.10. The maximum Gasteiger partial charge on any atom is 0.416 e. The van der Waals surface area contributed by atoms with E-state index >= 15 is 0 Å². The van der Waals surface area contributed by atoms with Crippen molar-refractivity contribution in [2.75, 3.05) is 23.5 Å². The summed E-state index contributed by atoms with van der Waals surface area (Å²) in [7, 11) is 1.32. The summed E-state index contributed by atoms with van der Waals surface area (Å²) in [6, 6.07) is 11.2. The maximum absolute atomic E-state index is 13.4. The Hall–Kier alpha value is -3.03. The van der Waals surface area contributed by atoms with Crippen molar-refractivity contribution in [2.24, 2.45) is 5.92 Å². The summed E-state index contributed by atoms with van der Waals surface area (Å²) in [6.07, 6.45) is -3.57. The standard InChI is InChI=1S/C21H19F3N2O3/c1-29-20(28)13-10-11-25-16-4-2-3-5-17(16)26(19(27)18(25)12-13)15-8-6-14(7-9-15)21(22,23)24/h2-9,13,18H,10-12H2,1H3. The predicted molar refractivity (Wildman–Crippen MR) is 101 cm³/mol. The number of piperidine rings is 1. The number of alkyl halides is 3. The van der Waals surface area contributed by atoms with Crippen LogP contribution in [0.15, 0.2) is 48.5 Å². The Morgan fingerprint density at radius 3 is 2.34 bits per heavy atom. The fourth-order valence-electron chi connectivity index (χ4n) is 4.10. The molecular formula is C21H19F3N2O3. The van der Waals surface area contributed by atoms with Crippen molar-refractivity contribution in [1.29, 1.82) is 0 Å². The minimum atomic E-state index is -4.45. The van der Waals surface area contributed by atoms with Gasteiger partial charge in [0.2, 0.25) is 0 Å². The third-order valence-electron chi connectivity index (χ3n) is 5.53. The average molecular weight is 404 g/mol. The van der Waals surface area contributed by atoms with E-state index < -0.39 is 17.8 Å². The van der Waals surface area contributed by atoms with Gasteiger partial charge in [-0.2, -0.15) is 13.2 Å². The summed E-state index contributed by atoms with van der Waals surface area (Å²) >= 11 is 0. The van der Waals surface area contributed by atoms with Crippen LogP contribution in [0.5, 0.6) is 0 Å². The number of rotatable bonds is 2. The van der Waals surface area contributed by atoms with Crippen LogP contribution in [0.25, 0.3) is 0 Å². The van der Waals surface area contributed by atoms with Crippen molar-refractivity contribution in [3.05, 3.63) is 54.1 Å². The highest BCUT2D eigenvalue weighted by atomic mass is 19.4. The number of benzene rings is 2. The van der Waals surface area contributed by atoms with Crippen molar-refractivity contribution >= 4 is 28.9 Å². The van der Waals surface area contributed by atoms with Gasteiger partial charge < -0.3 is 9.64 Å². The Kier molecular flexibility index (Phi) is 4.72. The van der Waals surface area contributed by atoms with Gasteiger partial charge in [-0.05, 0) is 49.2 Å². The molecule has 1 fully saturated rings. The molecule has 0 N–H and O–H groups in total. The number of amides is 1. The molecule has 0 saturated carbocycles. The zero-order valence-electron chi connectivity index (χ0n) is 15.6. The van der Waals surface area contributed by atoms with E-state index in [2.05, 4.69) is 0 Å². The van der Waals surface area contributed by atoms with Crippen molar-refractivity contribution in [3.8, 4) is 0 Å². The van der Waals surface area contributed by atoms with E-state index in [0.717, 1.165) is 17.8 Å². The molecule has 8 heteroatoms. The largest absolute Gasteiger partial charge is 0.469 e. The van der Waals surface area contributed by atoms with E-state index in [4.69, 9.17) is 4.74 Å². The highest BCUT2D eigenvalue weighted by Crippen LogP contribution is 2.44. The van der Waals surface area contributed by atoms with Crippen molar-refractivity contribution in [2.45, 2.75) is 25.1 Å². The second kappa shape index (κ2) is 7.09. The smallest absolute Gasteiger partial charge is 0.416 e. The summed E-state index contributed by atoms with van der Waals surface area (Å²) < 4.78 is 43.6. The number of halogens is 3. The number of esters is 1. The van der Waals surface area contributed by atoms with Crippen LogP contribution in [0.3, 0.4) is 0 Å². The molecule has 1 amide bonds. The molecule has 2 atom stereocenters. The fourth-order valence-corrected chi connectivity index (χ4v) is 4.10. The van der Waals surface area contributed by atoms with Gasteiger partial charge in [-0.3, -0.25) is 14.5 Å². The fraction of sp³-hybridized carbons (Fsp3) is 0.333. The maximum atomic E-state index is 13.4. The third kappa shape index (κ3) is 3.32. The van der Waals surface area contributed by atoms with Gasteiger partial charge >= 0.3 is 12.1 Å². The molecule has 2 aromatic rings. The van der Waals surface area contributed by atoms with Gasteiger partial charge in [-0.15, -0.1) is 0 Å². The minimum absolute atomic E-state index is 0.267. The van der Waals surface area contributed by atoms with Crippen LogP contribution in [0, 0.1) is 5.92 Å². The molecule has 2 unspecified atom stereocenters. The molecule has 0 spiro atoms. The molecule has 5 nitrogen and oxygen atoms in total. The molecule has 0 radical (unpaired) electrons. The zero-order valence-corrected chi connectivity index (χ0v) is 15.6. The average Bonchev–Trinajstić information content (AvgIpc) is 2.73. The summed E-state index contributed by atoms with van der Waals surface area (Å²) in [5, 5.41) is 0. The number of hydrogen-bond acceptors (Lipinski definition) is 4. The van der Waals surface area contributed by atoms with Crippen LogP contribution < -0.4 is 9.80 Å². The van der Waals surface area contributed by atoms with Gasteiger partial charge in [0.05, 0.1) is 30.0 Å². The number of hydrogen-bond donors (Lipinski definition) is 0. The molecule has 1 saturated heterocycles. The molecule has 0 aromatic heterocycles. The van der Waals surface area contributed by atoms with Gasteiger partial charge in [0.25, 0.3) is 5.91 Å². The molecule has 0 aliphatic carbocycles. The van der Waals surface area contributed by atoms with Gasteiger partial charge in [0.15, 0.2) is 0 Å². The SMILES string of the molecule is COC(=O)C1CCN2c3ccccc3N(c3ccc(C(F)(F)F)cc3)C(=O)C2C1. The van der Waals surface area contributed by atoms with Crippen LogP contribution in [-0.2, 0) is 20.5 Å². The molecule has 2 aliphatic heterocycles. The molecule has 2 heterocycles. The van der Waals surface area contributed by atoms with Crippen LogP contribution in [0.2, 0.25) is 0 Å². The number of methoxy groups -OCH3 is 1. The lowest BCUT2D eigenvalue weighted by atomic mass is 9.87. The number of fused-ring (bicyclic) bond motifs is 3. The molecule has 0 bridgehead atoms. The Balaban J connectivity index is 1.74. The number of nitrogens with zero attached hydrogens (tertiary/aromatic N) is 2.